The SMILES string of the molecule is CC(OC(=O)C=CC(C)(C)C)C(=O)O. The Morgan fingerprint density at radius 3 is 2.21 bits per heavy atom. The van der Waals surface area contributed by atoms with Gasteiger partial charge in [0.15, 0.2) is 6.10 Å². The van der Waals surface area contributed by atoms with Crippen LogP contribution in [0.15, 0.2) is 12.2 Å². The topological polar surface area (TPSA) is 63.6 Å². The molecule has 0 saturated heterocycles. The standard InChI is InChI=1S/C10H16O4/c1-7(9(12)13)14-8(11)5-6-10(2,3)4/h5-7H,1-4H3,(H,12,13). The number of ether oxygens (including phenoxy) is 1. The average molecular weight is 200 g/mol. The zero-order chi connectivity index (χ0) is 11.4. The predicted octanol–water partition coefficient (Wildman–Crippen LogP) is 1.60. The summed E-state index contributed by atoms with van der Waals surface area (Å²) in [7, 11) is 0. The Morgan fingerprint density at radius 1 is 1.36 bits per heavy atom. The van der Waals surface area contributed by atoms with Crippen molar-refractivity contribution in [3.63, 3.8) is 0 Å². The van der Waals surface area contributed by atoms with Crippen molar-refractivity contribution >= 4 is 11.9 Å². The van der Waals surface area contributed by atoms with Gasteiger partial charge in [-0.2, -0.15) is 0 Å². The Bertz CT molecular complexity index is 247. The highest BCUT2D eigenvalue weighted by molar-refractivity contribution is 5.85. The van der Waals surface area contributed by atoms with Crippen LogP contribution in [0.2, 0.25) is 0 Å². The fourth-order valence-corrected chi connectivity index (χ4v) is 0.582. The largest absolute Gasteiger partial charge is 0.479 e. The number of allylic oxidation sites excluding steroid dienone is 1. The summed E-state index contributed by atoms with van der Waals surface area (Å²) in [6.45, 7) is 7.09. The van der Waals surface area contributed by atoms with Crippen LogP contribution in [0.3, 0.4) is 0 Å². The summed E-state index contributed by atoms with van der Waals surface area (Å²) >= 11 is 0. The Balaban J connectivity index is 4.12. The zero-order valence-corrected chi connectivity index (χ0v) is 8.90. The van der Waals surface area contributed by atoms with Crippen LogP contribution in [0.25, 0.3) is 0 Å². The van der Waals surface area contributed by atoms with E-state index in [1.165, 1.54) is 13.0 Å². The summed E-state index contributed by atoms with van der Waals surface area (Å²) < 4.78 is 4.58. The van der Waals surface area contributed by atoms with E-state index in [1.54, 1.807) is 6.08 Å². The van der Waals surface area contributed by atoms with Crippen molar-refractivity contribution in [2.75, 3.05) is 0 Å². The van der Waals surface area contributed by atoms with Gasteiger partial charge in [0, 0.05) is 6.08 Å². The minimum Gasteiger partial charge on any atom is -0.479 e. The van der Waals surface area contributed by atoms with Gasteiger partial charge in [-0.3, -0.25) is 0 Å². The number of rotatable bonds is 3. The summed E-state index contributed by atoms with van der Waals surface area (Å²) in [4.78, 5) is 21.4. The van der Waals surface area contributed by atoms with Crippen LogP contribution in [0, 0.1) is 5.41 Å². The minimum atomic E-state index is -1.15. The average Bonchev–Trinajstić information content (AvgIpc) is 1.99. The van der Waals surface area contributed by atoms with Gasteiger partial charge in [-0.1, -0.05) is 26.8 Å². The molecule has 0 aliphatic carbocycles. The molecule has 4 nitrogen and oxygen atoms in total. The lowest BCUT2D eigenvalue weighted by atomic mass is 9.96. The second kappa shape index (κ2) is 4.79. The van der Waals surface area contributed by atoms with E-state index in [0.717, 1.165) is 0 Å². The number of aliphatic carboxylic acids is 1. The maximum atomic E-state index is 11.0. The highest BCUT2D eigenvalue weighted by atomic mass is 16.6. The molecule has 0 aromatic rings. The second-order valence-corrected chi connectivity index (χ2v) is 4.12. The van der Waals surface area contributed by atoms with Crippen molar-refractivity contribution in [3.05, 3.63) is 12.2 Å². The Kier molecular flexibility index (Phi) is 4.34. The highest BCUT2D eigenvalue weighted by Gasteiger charge is 2.14. The molecule has 1 atom stereocenters. The van der Waals surface area contributed by atoms with Crippen LogP contribution in [-0.2, 0) is 14.3 Å². The predicted molar refractivity (Wildman–Crippen MR) is 51.8 cm³/mol. The molecule has 0 rings (SSSR count). The quantitative estimate of drug-likeness (QED) is 0.555. The molecule has 14 heavy (non-hydrogen) atoms. The molecule has 0 aliphatic heterocycles. The van der Waals surface area contributed by atoms with Gasteiger partial charge in [0.05, 0.1) is 0 Å². The highest BCUT2D eigenvalue weighted by Crippen LogP contribution is 2.14. The van der Waals surface area contributed by atoms with Crippen LogP contribution in [0.1, 0.15) is 27.7 Å². The zero-order valence-electron chi connectivity index (χ0n) is 8.90. The molecule has 0 saturated carbocycles. The molecule has 0 radical (unpaired) electrons. The van der Waals surface area contributed by atoms with E-state index in [-0.39, 0.29) is 5.41 Å². The third-order valence-electron chi connectivity index (χ3n) is 1.36. The van der Waals surface area contributed by atoms with E-state index in [4.69, 9.17) is 5.11 Å². The fraction of sp³-hybridized carbons (Fsp3) is 0.600. The van der Waals surface area contributed by atoms with Gasteiger partial charge in [-0.25, -0.2) is 9.59 Å². The van der Waals surface area contributed by atoms with Crippen LogP contribution < -0.4 is 0 Å². The van der Waals surface area contributed by atoms with Crippen molar-refractivity contribution in [2.24, 2.45) is 5.41 Å². The van der Waals surface area contributed by atoms with E-state index in [0.29, 0.717) is 0 Å². The minimum absolute atomic E-state index is 0.120. The summed E-state index contributed by atoms with van der Waals surface area (Å²) in [6, 6.07) is 0. The molecule has 0 spiro atoms. The lowest BCUT2D eigenvalue weighted by molar-refractivity contribution is -0.159. The van der Waals surface area contributed by atoms with Crippen LogP contribution in [-0.4, -0.2) is 23.1 Å². The number of carbonyl (C=O) groups excluding carboxylic acids is 1. The van der Waals surface area contributed by atoms with E-state index in [2.05, 4.69) is 4.74 Å². The molecule has 1 N–H and O–H groups in total. The van der Waals surface area contributed by atoms with Crippen molar-refractivity contribution in [2.45, 2.75) is 33.8 Å². The third-order valence-corrected chi connectivity index (χ3v) is 1.36. The van der Waals surface area contributed by atoms with Crippen molar-refractivity contribution in [3.8, 4) is 0 Å². The van der Waals surface area contributed by atoms with Gasteiger partial charge < -0.3 is 9.84 Å². The summed E-state index contributed by atoms with van der Waals surface area (Å²) in [6.07, 6.45) is 1.82. The van der Waals surface area contributed by atoms with E-state index in [9.17, 15) is 9.59 Å². The normalized spacial score (nSPS) is 14.0. The molecule has 0 aromatic carbocycles. The third kappa shape index (κ3) is 6.22. The van der Waals surface area contributed by atoms with Crippen molar-refractivity contribution in [1.29, 1.82) is 0 Å². The molecular weight excluding hydrogens is 184 g/mol. The molecule has 1 unspecified atom stereocenters. The van der Waals surface area contributed by atoms with Gasteiger partial charge >= 0.3 is 11.9 Å². The fourth-order valence-electron chi connectivity index (χ4n) is 0.582. The van der Waals surface area contributed by atoms with Gasteiger partial charge in [-0.05, 0) is 12.3 Å². The molecule has 0 heterocycles. The van der Waals surface area contributed by atoms with Gasteiger partial charge in [-0.15, -0.1) is 0 Å². The molecule has 4 heteroatoms. The van der Waals surface area contributed by atoms with Gasteiger partial charge in [0.25, 0.3) is 0 Å². The number of carboxylic acids is 1. The maximum absolute atomic E-state index is 11.0. The van der Waals surface area contributed by atoms with Crippen LogP contribution in [0.5, 0.6) is 0 Å². The van der Waals surface area contributed by atoms with E-state index in [1.807, 2.05) is 20.8 Å². The maximum Gasteiger partial charge on any atom is 0.344 e. The Hall–Kier alpha value is -1.32. The number of esters is 1. The summed E-state index contributed by atoms with van der Waals surface area (Å²) in [5.41, 5.74) is -0.120. The molecule has 0 fully saturated rings. The first-order valence-electron chi connectivity index (χ1n) is 4.35. The van der Waals surface area contributed by atoms with E-state index >= 15 is 0 Å². The number of carboxylic acid groups (broad SMARTS) is 1. The lowest BCUT2D eigenvalue weighted by Crippen LogP contribution is -2.22. The Morgan fingerprint density at radius 2 is 1.86 bits per heavy atom. The number of hydrogen-bond donors (Lipinski definition) is 1. The van der Waals surface area contributed by atoms with Crippen LogP contribution >= 0.6 is 0 Å². The van der Waals surface area contributed by atoms with Gasteiger partial charge in [0.1, 0.15) is 0 Å². The second-order valence-electron chi connectivity index (χ2n) is 4.12. The summed E-state index contributed by atoms with van der Waals surface area (Å²) in [5, 5.41) is 8.46. The molecule has 0 aromatic heterocycles. The first kappa shape index (κ1) is 12.7. The molecule has 80 valence electrons. The monoisotopic (exact) mass is 200 g/mol. The van der Waals surface area contributed by atoms with Crippen molar-refractivity contribution < 1.29 is 19.4 Å². The molecule has 0 aliphatic rings. The van der Waals surface area contributed by atoms with E-state index < -0.39 is 18.0 Å². The molecule has 0 bridgehead atoms. The lowest BCUT2D eigenvalue weighted by Gasteiger charge is -2.11. The Labute approximate surface area is 83.6 Å². The smallest absolute Gasteiger partial charge is 0.344 e. The first-order valence-corrected chi connectivity index (χ1v) is 4.35. The number of carbonyl (C=O) groups is 2. The van der Waals surface area contributed by atoms with Crippen LogP contribution in [0.4, 0.5) is 0 Å². The first-order chi connectivity index (χ1) is 6.22. The molecular formula is C10H16O4. The molecule has 0 amide bonds. The summed E-state index contributed by atoms with van der Waals surface area (Å²) in [5.74, 6) is -1.78. The number of hydrogen-bond acceptors (Lipinski definition) is 3. The van der Waals surface area contributed by atoms with Gasteiger partial charge in [0.2, 0.25) is 0 Å². The van der Waals surface area contributed by atoms with Crippen molar-refractivity contribution in [1.82, 2.24) is 0 Å².